The van der Waals surface area contributed by atoms with E-state index in [0.29, 0.717) is 25.2 Å². The second kappa shape index (κ2) is 7.20. The number of halogens is 1. The Balaban J connectivity index is 1.98. The molecule has 1 aromatic carbocycles. The molecule has 0 aliphatic carbocycles. The molecule has 1 aliphatic heterocycles. The van der Waals surface area contributed by atoms with Gasteiger partial charge in [0.1, 0.15) is 5.82 Å². The van der Waals surface area contributed by atoms with Crippen LogP contribution in [0, 0.1) is 11.7 Å². The van der Waals surface area contributed by atoms with E-state index in [4.69, 9.17) is 0 Å². The van der Waals surface area contributed by atoms with Crippen molar-refractivity contribution >= 4 is 11.8 Å². The lowest BCUT2D eigenvalue weighted by molar-refractivity contribution is -0.126. The average Bonchev–Trinajstić information content (AvgIpc) is 2.52. The highest BCUT2D eigenvalue weighted by Crippen LogP contribution is 2.19. The Bertz CT molecular complexity index is 502. The minimum absolute atomic E-state index is 0.0217. The summed E-state index contributed by atoms with van der Waals surface area (Å²) in [6, 6.07) is 5.53. The van der Waals surface area contributed by atoms with E-state index in [1.807, 2.05) is 6.92 Å². The molecule has 1 N–H and O–H groups in total. The van der Waals surface area contributed by atoms with Crippen molar-refractivity contribution in [3.8, 4) is 0 Å². The van der Waals surface area contributed by atoms with Crippen LogP contribution in [0.1, 0.15) is 36.5 Å². The van der Waals surface area contributed by atoms with Crippen molar-refractivity contribution in [3.05, 3.63) is 35.6 Å². The van der Waals surface area contributed by atoms with Gasteiger partial charge in [-0.15, -0.1) is 0 Å². The maximum Gasteiger partial charge on any atom is 0.253 e. The van der Waals surface area contributed by atoms with Gasteiger partial charge in [0.25, 0.3) is 5.91 Å². The molecule has 1 unspecified atom stereocenters. The summed E-state index contributed by atoms with van der Waals surface area (Å²) in [7, 11) is 0. The van der Waals surface area contributed by atoms with Gasteiger partial charge in [-0.05, 0) is 43.5 Å². The molecule has 1 heterocycles. The Hall–Kier alpha value is -1.91. The van der Waals surface area contributed by atoms with Crippen LogP contribution in [-0.2, 0) is 4.79 Å². The van der Waals surface area contributed by atoms with Gasteiger partial charge in [-0.1, -0.05) is 6.92 Å². The number of hydrogen-bond donors (Lipinski definition) is 1. The lowest BCUT2D eigenvalue weighted by Gasteiger charge is -2.32. The van der Waals surface area contributed by atoms with Crippen LogP contribution in [0.25, 0.3) is 0 Å². The fourth-order valence-electron chi connectivity index (χ4n) is 2.54. The minimum atomic E-state index is -0.359. The number of nitrogens with one attached hydrogen (secondary N) is 1. The van der Waals surface area contributed by atoms with Crippen LogP contribution < -0.4 is 5.32 Å². The monoisotopic (exact) mass is 292 g/mol. The standard InChI is InChI=1S/C16H21FN2O2/c1-2-9-18-15(20)13-4-3-10-19(11-13)16(21)12-5-7-14(17)8-6-12/h5-8,13H,2-4,9-11H2,1H3,(H,18,20). The van der Waals surface area contributed by atoms with Crippen molar-refractivity contribution in [3.63, 3.8) is 0 Å². The molecule has 1 fully saturated rings. The highest BCUT2D eigenvalue weighted by Gasteiger charge is 2.28. The van der Waals surface area contributed by atoms with E-state index in [1.165, 1.54) is 24.3 Å². The Labute approximate surface area is 124 Å². The lowest BCUT2D eigenvalue weighted by atomic mass is 9.96. The van der Waals surface area contributed by atoms with Gasteiger partial charge < -0.3 is 10.2 Å². The summed E-state index contributed by atoms with van der Waals surface area (Å²) < 4.78 is 12.9. The van der Waals surface area contributed by atoms with Crippen LogP contribution in [-0.4, -0.2) is 36.3 Å². The van der Waals surface area contributed by atoms with Crippen molar-refractivity contribution in [1.82, 2.24) is 10.2 Å². The predicted molar refractivity (Wildman–Crippen MR) is 78.3 cm³/mol. The normalized spacial score (nSPS) is 18.4. The van der Waals surface area contributed by atoms with Crippen LogP contribution in [0.3, 0.4) is 0 Å². The number of carbonyl (C=O) groups excluding carboxylic acids is 2. The molecule has 0 bridgehead atoms. The predicted octanol–water partition coefficient (Wildman–Crippen LogP) is 2.20. The second-order valence-corrected chi connectivity index (χ2v) is 5.39. The number of amides is 2. The topological polar surface area (TPSA) is 49.4 Å². The van der Waals surface area contributed by atoms with E-state index >= 15 is 0 Å². The van der Waals surface area contributed by atoms with Gasteiger partial charge in [-0.2, -0.15) is 0 Å². The molecule has 1 atom stereocenters. The third-order valence-corrected chi connectivity index (χ3v) is 3.72. The summed E-state index contributed by atoms with van der Waals surface area (Å²) in [4.78, 5) is 26.1. The Morgan fingerprint density at radius 3 is 2.71 bits per heavy atom. The van der Waals surface area contributed by atoms with Crippen molar-refractivity contribution in [2.75, 3.05) is 19.6 Å². The molecule has 0 aromatic heterocycles. The molecule has 4 nitrogen and oxygen atoms in total. The zero-order valence-electron chi connectivity index (χ0n) is 12.3. The number of nitrogens with zero attached hydrogens (tertiary/aromatic N) is 1. The molecule has 2 amide bonds. The first-order chi connectivity index (χ1) is 10.1. The van der Waals surface area contributed by atoms with E-state index in [1.54, 1.807) is 4.90 Å². The molecular weight excluding hydrogens is 271 g/mol. The van der Waals surface area contributed by atoms with Gasteiger partial charge in [0, 0.05) is 25.2 Å². The smallest absolute Gasteiger partial charge is 0.253 e. The van der Waals surface area contributed by atoms with E-state index < -0.39 is 0 Å². The summed E-state index contributed by atoms with van der Waals surface area (Å²) in [5.41, 5.74) is 0.464. The molecule has 0 spiro atoms. The zero-order valence-corrected chi connectivity index (χ0v) is 12.3. The number of likely N-dealkylation sites (tertiary alicyclic amines) is 1. The Kier molecular flexibility index (Phi) is 5.31. The number of hydrogen-bond acceptors (Lipinski definition) is 2. The second-order valence-electron chi connectivity index (χ2n) is 5.39. The van der Waals surface area contributed by atoms with E-state index in [9.17, 15) is 14.0 Å². The van der Waals surface area contributed by atoms with E-state index in [-0.39, 0.29) is 23.5 Å². The SMILES string of the molecule is CCCNC(=O)C1CCCN(C(=O)c2ccc(F)cc2)C1. The number of piperidine rings is 1. The third-order valence-electron chi connectivity index (χ3n) is 3.72. The molecule has 1 aromatic rings. The molecule has 5 heteroatoms. The van der Waals surface area contributed by atoms with Crippen LogP contribution in [0.4, 0.5) is 4.39 Å². The molecule has 0 radical (unpaired) electrons. The molecule has 2 rings (SSSR count). The summed E-state index contributed by atoms with van der Waals surface area (Å²) in [6.45, 7) is 3.76. The van der Waals surface area contributed by atoms with E-state index in [2.05, 4.69) is 5.32 Å². The van der Waals surface area contributed by atoms with Gasteiger partial charge in [-0.3, -0.25) is 9.59 Å². The highest BCUT2D eigenvalue weighted by atomic mass is 19.1. The summed E-state index contributed by atoms with van der Waals surface area (Å²) in [5.74, 6) is -0.617. The minimum Gasteiger partial charge on any atom is -0.356 e. The third kappa shape index (κ3) is 4.03. The molecule has 1 saturated heterocycles. The Morgan fingerprint density at radius 1 is 1.33 bits per heavy atom. The first kappa shape index (κ1) is 15.5. The van der Waals surface area contributed by atoms with Gasteiger partial charge in [-0.25, -0.2) is 4.39 Å². The number of benzene rings is 1. The molecule has 21 heavy (non-hydrogen) atoms. The van der Waals surface area contributed by atoms with Gasteiger partial charge >= 0.3 is 0 Å². The zero-order chi connectivity index (χ0) is 15.2. The quantitative estimate of drug-likeness (QED) is 0.925. The van der Waals surface area contributed by atoms with Crippen LogP contribution >= 0.6 is 0 Å². The molecule has 1 aliphatic rings. The largest absolute Gasteiger partial charge is 0.356 e. The number of carbonyl (C=O) groups is 2. The highest BCUT2D eigenvalue weighted by molar-refractivity contribution is 5.94. The van der Waals surface area contributed by atoms with Crippen molar-refractivity contribution in [2.45, 2.75) is 26.2 Å². The number of rotatable bonds is 4. The molecule has 0 saturated carbocycles. The van der Waals surface area contributed by atoms with Crippen LogP contribution in [0.5, 0.6) is 0 Å². The molecular formula is C16H21FN2O2. The van der Waals surface area contributed by atoms with Gasteiger partial charge in [0.15, 0.2) is 0 Å². The summed E-state index contributed by atoms with van der Waals surface area (Å²) >= 11 is 0. The van der Waals surface area contributed by atoms with Crippen LogP contribution in [0.15, 0.2) is 24.3 Å². The summed E-state index contributed by atoms with van der Waals surface area (Å²) in [5, 5.41) is 2.88. The maximum atomic E-state index is 12.9. The first-order valence-corrected chi connectivity index (χ1v) is 7.44. The van der Waals surface area contributed by atoms with Crippen LogP contribution in [0.2, 0.25) is 0 Å². The summed E-state index contributed by atoms with van der Waals surface area (Å²) in [6.07, 6.45) is 2.52. The Morgan fingerprint density at radius 2 is 2.05 bits per heavy atom. The van der Waals surface area contributed by atoms with Gasteiger partial charge in [0.05, 0.1) is 5.92 Å². The van der Waals surface area contributed by atoms with E-state index in [0.717, 1.165) is 19.3 Å². The lowest BCUT2D eigenvalue weighted by Crippen LogP contribution is -2.45. The van der Waals surface area contributed by atoms with Gasteiger partial charge in [0.2, 0.25) is 5.91 Å². The maximum absolute atomic E-state index is 12.9. The average molecular weight is 292 g/mol. The van der Waals surface area contributed by atoms with Crippen molar-refractivity contribution < 1.29 is 14.0 Å². The fraction of sp³-hybridized carbons (Fsp3) is 0.500. The molecule has 114 valence electrons. The van der Waals surface area contributed by atoms with Crippen molar-refractivity contribution in [1.29, 1.82) is 0 Å². The first-order valence-electron chi connectivity index (χ1n) is 7.44. The van der Waals surface area contributed by atoms with Crippen molar-refractivity contribution in [2.24, 2.45) is 5.92 Å². The fourth-order valence-corrected chi connectivity index (χ4v) is 2.54.